The number of rotatable bonds is 4. The number of thiophene rings is 1. The third-order valence-corrected chi connectivity index (χ3v) is 7.95. The fraction of sp³-hybridized carbons (Fsp3) is 0.700. The Balaban J connectivity index is 1.79. The van der Waals surface area contributed by atoms with Crippen molar-refractivity contribution in [3.05, 3.63) is 16.0 Å². The average molecular weight is 363 g/mol. The van der Waals surface area contributed by atoms with Crippen LogP contribution in [-0.4, -0.2) is 17.9 Å². The van der Waals surface area contributed by atoms with E-state index >= 15 is 0 Å². The molecule has 0 spiro atoms. The molecule has 0 radical (unpaired) electrons. The Bertz CT molecular complexity index is 698. The van der Waals surface area contributed by atoms with Crippen molar-refractivity contribution in [2.45, 2.75) is 73.3 Å². The Morgan fingerprint density at radius 1 is 1.04 bits per heavy atom. The lowest BCUT2D eigenvalue weighted by molar-refractivity contribution is -0.118. The molecule has 2 aliphatic rings. The van der Waals surface area contributed by atoms with Crippen molar-refractivity contribution in [2.24, 2.45) is 16.7 Å². The number of amides is 2. The maximum absolute atomic E-state index is 12.8. The Hall–Kier alpha value is -1.36. The minimum absolute atomic E-state index is 0.00922. The summed E-state index contributed by atoms with van der Waals surface area (Å²) in [6, 6.07) is 0.275. The van der Waals surface area contributed by atoms with Gasteiger partial charge in [-0.2, -0.15) is 0 Å². The number of carbonyl (C=O) groups is 2. The van der Waals surface area contributed by atoms with Crippen molar-refractivity contribution in [3.63, 3.8) is 0 Å². The first-order chi connectivity index (χ1) is 11.6. The Morgan fingerprint density at radius 3 is 2.12 bits per heavy atom. The van der Waals surface area contributed by atoms with Crippen molar-refractivity contribution in [1.29, 1.82) is 0 Å². The molecule has 4 nitrogen and oxygen atoms in total. The summed E-state index contributed by atoms with van der Waals surface area (Å²) in [4.78, 5) is 26.7. The third-order valence-electron chi connectivity index (χ3n) is 6.82. The van der Waals surface area contributed by atoms with Crippen LogP contribution in [0.4, 0.5) is 5.00 Å². The molecule has 0 saturated heterocycles. The second-order valence-electron chi connectivity index (χ2n) is 8.81. The molecule has 1 aromatic rings. The van der Waals surface area contributed by atoms with Gasteiger partial charge in [0.15, 0.2) is 0 Å². The molecule has 0 bridgehead atoms. The maximum atomic E-state index is 12.8. The highest BCUT2D eigenvalue weighted by atomic mass is 32.1. The van der Waals surface area contributed by atoms with Crippen LogP contribution in [0.2, 0.25) is 0 Å². The van der Waals surface area contributed by atoms with Crippen LogP contribution in [-0.2, 0) is 4.79 Å². The summed E-state index contributed by atoms with van der Waals surface area (Å²) in [6.07, 6.45) is 4.48. The monoisotopic (exact) mass is 362 g/mol. The van der Waals surface area contributed by atoms with Crippen molar-refractivity contribution in [2.75, 3.05) is 5.32 Å². The van der Waals surface area contributed by atoms with E-state index in [2.05, 4.69) is 38.3 Å². The van der Waals surface area contributed by atoms with Gasteiger partial charge in [0.1, 0.15) is 5.00 Å². The largest absolute Gasteiger partial charge is 0.349 e. The molecule has 1 heterocycles. The van der Waals surface area contributed by atoms with Gasteiger partial charge in [0.05, 0.1) is 5.56 Å². The summed E-state index contributed by atoms with van der Waals surface area (Å²) in [7, 11) is 0. The predicted molar refractivity (Wildman–Crippen MR) is 103 cm³/mol. The molecule has 2 fully saturated rings. The molecule has 2 N–H and O–H groups in total. The Morgan fingerprint density at radius 2 is 1.60 bits per heavy atom. The van der Waals surface area contributed by atoms with Gasteiger partial charge in [-0.15, -0.1) is 11.3 Å². The Kier molecular flexibility index (Phi) is 4.51. The zero-order chi connectivity index (χ0) is 18.6. The molecule has 5 heteroatoms. The third kappa shape index (κ3) is 3.01. The number of hydrogen-bond donors (Lipinski definition) is 2. The first-order valence-electron chi connectivity index (χ1n) is 9.29. The molecule has 138 valence electrons. The summed E-state index contributed by atoms with van der Waals surface area (Å²) in [5, 5.41) is 6.93. The number of nitrogens with one attached hydrogen (secondary N) is 2. The fourth-order valence-corrected chi connectivity index (χ4v) is 5.41. The normalized spacial score (nSPS) is 22.0. The predicted octanol–water partition coefficient (Wildman–Crippen LogP) is 4.66. The topological polar surface area (TPSA) is 58.2 Å². The molecule has 0 aliphatic heterocycles. The highest BCUT2D eigenvalue weighted by Gasteiger charge is 2.68. The van der Waals surface area contributed by atoms with Crippen LogP contribution in [0.3, 0.4) is 0 Å². The summed E-state index contributed by atoms with van der Waals surface area (Å²) in [5.74, 6) is -0.0296. The second kappa shape index (κ2) is 6.11. The van der Waals surface area contributed by atoms with E-state index in [0.717, 1.165) is 23.3 Å². The van der Waals surface area contributed by atoms with Crippen LogP contribution in [0, 0.1) is 30.6 Å². The molecular weight excluding hydrogens is 332 g/mol. The first kappa shape index (κ1) is 18.4. The van der Waals surface area contributed by atoms with Crippen molar-refractivity contribution >= 4 is 28.2 Å². The highest BCUT2D eigenvalue weighted by Crippen LogP contribution is 2.68. The summed E-state index contributed by atoms with van der Waals surface area (Å²) in [5.41, 5.74) is 1.61. The van der Waals surface area contributed by atoms with Gasteiger partial charge in [-0.05, 0) is 43.1 Å². The van der Waals surface area contributed by atoms with E-state index < -0.39 is 0 Å². The smallest absolute Gasteiger partial charge is 0.254 e. The van der Waals surface area contributed by atoms with E-state index in [1.54, 1.807) is 0 Å². The second-order valence-corrected chi connectivity index (χ2v) is 10.0. The van der Waals surface area contributed by atoms with Crippen molar-refractivity contribution < 1.29 is 9.59 Å². The molecule has 2 amide bonds. The summed E-state index contributed by atoms with van der Waals surface area (Å²) >= 11 is 1.51. The molecule has 3 rings (SSSR count). The van der Waals surface area contributed by atoms with Gasteiger partial charge in [-0.3, -0.25) is 9.59 Å². The molecule has 0 atom stereocenters. The van der Waals surface area contributed by atoms with E-state index in [1.807, 2.05) is 13.8 Å². The number of carbonyl (C=O) groups excluding carboxylic acids is 2. The number of aryl methyl sites for hydroxylation is 1. The first-order valence-corrected chi connectivity index (χ1v) is 10.1. The fourth-order valence-electron chi connectivity index (χ4n) is 4.35. The zero-order valence-corrected chi connectivity index (χ0v) is 17.0. The molecule has 0 unspecified atom stereocenters. The van der Waals surface area contributed by atoms with Gasteiger partial charge < -0.3 is 10.6 Å². The highest BCUT2D eigenvalue weighted by molar-refractivity contribution is 7.16. The van der Waals surface area contributed by atoms with E-state index in [-0.39, 0.29) is 34.6 Å². The standard InChI is InChI=1S/C20H30N2O2S/c1-11-12(2)25-18(14(11)16(23)21-13-9-7-8-10-13)22-17(24)15-19(3,4)20(15,5)6/h13,15H,7-10H2,1-6H3,(H,21,23)(H,22,24). The van der Waals surface area contributed by atoms with Crippen LogP contribution >= 0.6 is 11.3 Å². The van der Waals surface area contributed by atoms with E-state index in [0.29, 0.717) is 10.6 Å². The van der Waals surface area contributed by atoms with Crippen molar-refractivity contribution in [1.82, 2.24) is 5.32 Å². The molecule has 2 saturated carbocycles. The van der Waals surface area contributed by atoms with Crippen LogP contribution in [0.25, 0.3) is 0 Å². The lowest BCUT2D eigenvalue weighted by Crippen LogP contribution is -2.33. The summed E-state index contributed by atoms with van der Waals surface area (Å²) in [6.45, 7) is 12.5. The van der Waals surface area contributed by atoms with Gasteiger partial charge in [0.2, 0.25) is 5.91 Å². The van der Waals surface area contributed by atoms with Crippen LogP contribution in [0.1, 0.15) is 74.2 Å². The molecule has 0 aromatic carbocycles. The van der Waals surface area contributed by atoms with E-state index in [4.69, 9.17) is 0 Å². The lowest BCUT2D eigenvalue weighted by atomic mass is 10.0. The molecule has 2 aliphatic carbocycles. The van der Waals surface area contributed by atoms with E-state index in [1.165, 1.54) is 24.2 Å². The van der Waals surface area contributed by atoms with Crippen molar-refractivity contribution in [3.8, 4) is 0 Å². The van der Waals surface area contributed by atoms with Gasteiger partial charge in [0, 0.05) is 16.8 Å². The van der Waals surface area contributed by atoms with E-state index in [9.17, 15) is 9.59 Å². The SMILES string of the molecule is Cc1sc(NC(=O)C2C(C)(C)C2(C)C)c(C(=O)NC2CCCC2)c1C. The minimum atomic E-state index is -0.0432. The van der Waals surface area contributed by atoms with Gasteiger partial charge in [0.25, 0.3) is 5.91 Å². The maximum Gasteiger partial charge on any atom is 0.254 e. The van der Waals surface area contributed by atoms with Gasteiger partial charge in [-0.25, -0.2) is 0 Å². The molecular formula is C20H30N2O2S. The quantitative estimate of drug-likeness (QED) is 0.818. The van der Waals surface area contributed by atoms with Gasteiger partial charge in [-0.1, -0.05) is 40.5 Å². The molecule has 25 heavy (non-hydrogen) atoms. The van der Waals surface area contributed by atoms with Crippen LogP contribution < -0.4 is 10.6 Å². The lowest BCUT2D eigenvalue weighted by Gasteiger charge is -2.13. The minimum Gasteiger partial charge on any atom is -0.349 e. The zero-order valence-electron chi connectivity index (χ0n) is 16.2. The summed E-state index contributed by atoms with van der Waals surface area (Å²) < 4.78 is 0. The molecule has 1 aromatic heterocycles. The number of anilines is 1. The Labute approximate surface area is 154 Å². The average Bonchev–Trinajstić information content (AvgIpc) is 2.90. The number of hydrogen-bond acceptors (Lipinski definition) is 3. The van der Waals surface area contributed by atoms with Gasteiger partial charge >= 0.3 is 0 Å². The van der Waals surface area contributed by atoms with Crippen LogP contribution in [0.5, 0.6) is 0 Å². The van der Waals surface area contributed by atoms with Crippen LogP contribution in [0.15, 0.2) is 0 Å².